The van der Waals surface area contributed by atoms with Gasteiger partial charge in [0.15, 0.2) is 0 Å². The minimum Gasteiger partial charge on any atom is -0.459 e. The normalized spacial score (nSPS) is 15.6. The highest BCUT2D eigenvalue weighted by molar-refractivity contribution is 5.82. The lowest BCUT2D eigenvalue weighted by molar-refractivity contribution is -0.122. The molecule has 2 aromatic carbocycles. The molecule has 1 atom stereocenters. The molecule has 0 bridgehead atoms. The molecule has 0 spiro atoms. The van der Waals surface area contributed by atoms with E-state index in [4.69, 9.17) is 4.42 Å². The molecular formula is C19H17NO2. The maximum absolute atomic E-state index is 12.2. The highest BCUT2D eigenvalue weighted by Crippen LogP contribution is 2.32. The van der Waals surface area contributed by atoms with Crippen molar-refractivity contribution in [1.29, 1.82) is 0 Å². The van der Waals surface area contributed by atoms with Gasteiger partial charge in [-0.15, -0.1) is 0 Å². The van der Waals surface area contributed by atoms with Crippen LogP contribution in [-0.2, 0) is 4.79 Å². The summed E-state index contributed by atoms with van der Waals surface area (Å²) in [5, 5.41) is 4.19. The van der Waals surface area contributed by atoms with E-state index in [-0.39, 0.29) is 17.9 Å². The van der Waals surface area contributed by atoms with Crippen molar-refractivity contribution in [3.05, 3.63) is 72.0 Å². The Bertz CT molecular complexity index is 769. The third kappa shape index (κ3) is 2.50. The van der Waals surface area contributed by atoms with Crippen molar-refractivity contribution in [2.24, 2.45) is 5.92 Å². The quantitative estimate of drug-likeness (QED) is 0.788. The number of hydrogen-bond donors (Lipinski definition) is 1. The lowest BCUT2D eigenvalue weighted by Gasteiger charge is -2.17. The molecule has 1 aliphatic carbocycles. The van der Waals surface area contributed by atoms with E-state index in [0.29, 0.717) is 0 Å². The van der Waals surface area contributed by atoms with Crippen LogP contribution in [0.2, 0.25) is 0 Å². The fourth-order valence-electron chi connectivity index (χ4n) is 2.71. The first-order valence-corrected chi connectivity index (χ1v) is 7.65. The Hall–Kier alpha value is -2.55. The van der Waals surface area contributed by atoms with Gasteiger partial charge in [0.25, 0.3) is 0 Å². The van der Waals surface area contributed by atoms with Crippen molar-refractivity contribution >= 4 is 16.9 Å². The van der Waals surface area contributed by atoms with Crippen molar-refractivity contribution in [1.82, 2.24) is 5.32 Å². The average molecular weight is 291 g/mol. The summed E-state index contributed by atoms with van der Waals surface area (Å²) >= 11 is 0. The van der Waals surface area contributed by atoms with Crippen LogP contribution in [-0.4, -0.2) is 5.91 Å². The van der Waals surface area contributed by atoms with Crippen LogP contribution in [0.15, 0.2) is 65.1 Å². The predicted molar refractivity (Wildman–Crippen MR) is 85.4 cm³/mol. The van der Waals surface area contributed by atoms with Gasteiger partial charge in [-0.25, -0.2) is 0 Å². The van der Waals surface area contributed by atoms with Crippen LogP contribution >= 0.6 is 0 Å². The Kier molecular flexibility index (Phi) is 3.19. The smallest absolute Gasteiger partial charge is 0.223 e. The zero-order valence-electron chi connectivity index (χ0n) is 12.2. The average Bonchev–Trinajstić information content (AvgIpc) is 3.32. The van der Waals surface area contributed by atoms with Gasteiger partial charge in [0.05, 0.1) is 0 Å². The molecule has 0 saturated heterocycles. The molecule has 1 N–H and O–H groups in total. The predicted octanol–water partition coefficient (Wildman–Crippen LogP) is 4.05. The molecule has 110 valence electrons. The van der Waals surface area contributed by atoms with E-state index in [1.54, 1.807) is 0 Å². The molecular weight excluding hydrogens is 274 g/mol. The first kappa shape index (κ1) is 13.1. The van der Waals surface area contributed by atoms with Crippen LogP contribution in [0.1, 0.15) is 30.2 Å². The Morgan fingerprint density at radius 3 is 2.50 bits per heavy atom. The van der Waals surface area contributed by atoms with Crippen molar-refractivity contribution < 1.29 is 9.21 Å². The highest BCUT2D eigenvalue weighted by Gasteiger charge is 2.32. The van der Waals surface area contributed by atoms with Gasteiger partial charge in [-0.1, -0.05) is 48.5 Å². The maximum atomic E-state index is 12.2. The monoisotopic (exact) mass is 291 g/mol. The Morgan fingerprint density at radius 1 is 1.05 bits per heavy atom. The van der Waals surface area contributed by atoms with Crippen molar-refractivity contribution in [2.75, 3.05) is 0 Å². The van der Waals surface area contributed by atoms with E-state index < -0.39 is 0 Å². The number of fused-ring (bicyclic) bond motifs is 1. The summed E-state index contributed by atoms with van der Waals surface area (Å²) in [6, 6.07) is 19.7. The fraction of sp³-hybridized carbons (Fsp3) is 0.211. The maximum Gasteiger partial charge on any atom is 0.223 e. The second-order valence-corrected chi connectivity index (χ2v) is 5.81. The first-order chi connectivity index (χ1) is 10.8. The van der Waals surface area contributed by atoms with Gasteiger partial charge < -0.3 is 9.73 Å². The fourth-order valence-corrected chi connectivity index (χ4v) is 2.71. The second-order valence-electron chi connectivity index (χ2n) is 5.81. The van der Waals surface area contributed by atoms with E-state index in [0.717, 1.165) is 35.1 Å². The van der Waals surface area contributed by atoms with Gasteiger partial charge in [-0.3, -0.25) is 4.79 Å². The standard InChI is InChI=1S/C19H17NO2/c21-19(14-10-11-14)20-18(13-6-2-1-3-7-13)17-12-15-8-4-5-9-16(15)22-17/h1-9,12,14,18H,10-11H2,(H,20,21). The number of furan rings is 1. The van der Waals surface area contributed by atoms with Crippen LogP contribution < -0.4 is 5.32 Å². The third-order valence-electron chi connectivity index (χ3n) is 4.10. The summed E-state index contributed by atoms with van der Waals surface area (Å²) in [5.41, 5.74) is 1.88. The number of hydrogen-bond acceptors (Lipinski definition) is 2. The van der Waals surface area contributed by atoms with E-state index in [1.165, 1.54) is 0 Å². The number of benzene rings is 2. The summed E-state index contributed by atoms with van der Waals surface area (Å²) in [4.78, 5) is 12.2. The van der Waals surface area contributed by atoms with Gasteiger partial charge in [0.2, 0.25) is 5.91 Å². The van der Waals surface area contributed by atoms with E-state index in [9.17, 15) is 4.79 Å². The molecule has 1 unspecified atom stereocenters. The zero-order chi connectivity index (χ0) is 14.9. The molecule has 1 aromatic heterocycles. The molecule has 3 heteroatoms. The van der Waals surface area contributed by atoms with Crippen LogP contribution in [0, 0.1) is 5.92 Å². The summed E-state index contributed by atoms with van der Waals surface area (Å²) in [7, 11) is 0. The molecule has 3 nitrogen and oxygen atoms in total. The largest absolute Gasteiger partial charge is 0.459 e. The Morgan fingerprint density at radius 2 is 1.77 bits per heavy atom. The SMILES string of the molecule is O=C(NC(c1ccccc1)c1cc2ccccc2o1)C1CC1. The van der Waals surface area contributed by atoms with Gasteiger partial charge in [0.1, 0.15) is 17.4 Å². The van der Waals surface area contributed by atoms with Gasteiger partial charge in [-0.05, 0) is 30.5 Å². The highest BCUT2D eigenvalue weighted by atomic mass is 16.3. The molecule has 3 aromatic rings. The number of carbonyl (C=O) groups is 1. The third-order valence-corrected chi connectivity index (χ3v) is 4.10. The second kappa shape index (κ2) is 5.34. The minimum absolute atomic E-state index is 0.120. The molecule has 1 amide bonds. The Labute approximate surface area is 128 Å². The molecule has 1 aliphatic rings. The number of nitrogens with one attached hydrogen (secondary N) is 1. The molecule has 4 rings (SSSR count). The summed E-state index contributed by atoms with van der Waals surface area (Å²) in [6.07, 6.45) is 1.99. The molecule has 1 saturated carbocycles. The van der Waals surface area contributed by atoms with Crippen LogP contribution in [0.4, 0.5) is 0 Å². The lowest BCUT2D eigenvalue weighted by Crippen LogP contribution is -2.30. The number of carbonyl (C=O) groups excluding carboxylic acids is 1. The van der Waals surface area contributed by atoms with Crippen molar-refractivity contribution in [3.8, 4) is 0 Å². The van der Waals surface area contributed by atoms with Crippen molar-refractivity contribution in [2.45, 2.75) is 18.9 Å². The summed E-state index contributed by atoms with van der Waals surface area (Å²) in [6.45, 7) is 0. The molecule has 1 fully saturated rings. The van der Waals surface area contributed by atoms with Gasteiger partial charge in [0, 0.05) is 11.3 Å². The molecule has 1 heterocycles. The Balaban J connectivity index is 1.73. The molecule has 22 heavy (non-hydrogen) atoms. The summed E-state index contributed by atoms with van der Waals surface area (Å²) < 4.78 is 5.97. The number of para-hydroxylation sites is 1. The van der Waals surface area contributed by atoms with E-state index >= 15 is 0 Å². The molecule has 0 radical (unpaired) electrons. The number of amides is 1. The van der Waals surface area contributed by atoms with Crippen LogP contribution in [0.25, 0.3) is 11.0 Å². The van der Waals surface area contributed by atoms with Crippen LogP contribution in [0.3, 0.4) is 0 Å². The van der Waals surface area contributed by atoms with Gasteiger partial charge in [-0.2, -0.15) is 0 Å². The number of rotatable bonds is 4. The van der Waals surface area contributed by atoms with Crippen LogP contribution in [0.5, 0.6) is 0 Å². The topological polar surface area (TPSA) is 42.2 Å². The minimum atomic E-state index is -0.235. The van der Waals surface area contributed by atoms with Gasteiger partial charge >= 0.3 is 0 Å². The first-order valence-electron chi connectivity index (χ1n) is 7.65. The zero-order valence-corrected chi connectivity index (χ0v) is 12.2. The van der Waals surface area contributed by atoms with Crippen molar-refractivity contribution in [3.63, 3.8) is 0 Å². The van der Waals surface area contributed by atoms with E-state index in [1.807, 2.05) is 60.7 Å². The van der Waals surface area contributed by atoms with E-state index in [2.05, 4.69) is 5.32 Å². The lowest BCUT2D eigenvalue weighted by atomic mass is 10.0. The summed E-state index contributed by atoms with van der Waals surface area (Å²) in [5.74, 6) is 1.08. The molecule has 0 aliphatic heterocycles.